The van der Waals surface area contributed by atoms with Crippen LogP contribution in [0.4, 0.5) is 11.4 Å². The standard InChI is InChI=1S/C21H21N3O6S/c1-29-21(26)14-4-2-3-5-17(14)24-20-15-10-13(25)6-7-16(15)23-11-18(20)31(27,28)19-12-22-8-9-30-19/h2-7,10-11,19,22,25H,8-9,12H2,1H3,(H,23,24). The van der Waals surface area contributed by atoms with Gasteiger partial charge in [-0.1, -0.05) is 12.1 Å². The van der Waals surface area contributed by atoms with E-state index >= 15 is 0 Å². The predicted molar refractivity (Wildman–Crippen MR) is 114 cm³/mol. The summed E-state index contributed by atoms with van der Waals surface area (Å²) < 4.78 is 37.1. The molecule has 31 heavy (non-hydrogen) atoms. The Hall–Kier alpha value is -3.21. The number of carbonyl (C=O) groups excluding carboxylic acids is 1. The van der Waals surface area contributed by atoms with Gasteiger partial charge in [0.15, 0.2) is 5.44 Å². The molecule has 162 valence electrons. The SMILES string of the molecule is COC(=O)c1ccccc1Nc1c(S(=O)(=O)C2CNCCO2)cnc2ccc(O)cc12. The molecule has 3 N–H and O–H groups in total. The Bertz CT molecular complexity index is 1240. The quantitative estimate of drug-likeness (QED) is 0.509. The largest absolute Gasteiger partial charge is 0.508 e. The van der Waals surface area contributed by atoms with Crippen LogP contribution in [0, 0.1) is 0 Å². The van der Waals surface area contributed by atoms with Crippen LogP contribution in [0.3, 0.4) is 0 Å². The van der Waals surface area contributed by atoms with Crippen LogP contribution >= 0.6 is 0 Å². The van der Waals surface area contributed by atoms with Crippen molar-refractivity contribution in [3.63, 3.8) is 0 Å². The number of ether oxygens (including phenoxy) is 2. The smallest absolute Gasteiger partial charge is 0.339 e. The zero-order valence-electron chi connectivity index (χ0n) is 16.7. The number of esters is 1. The molecule has 1 aromatic heterocycles. The Labute approximate surface area is 178 Å². The number of nitrogens with zero attached hydrogens (tertiary/aromatic N) is 1. The van der Waals surface area contributed by atoms with Gasteiger partial charge in [-0.05, 0) is 30.3 Å². The van der Waals surface area contributed by atoms with E-state index in [1.807, 2.05) is 0 Å². The topological polar surface area (TPSA) is 127 Å². The Kier molecular flexibility index (Phi) is 5.77. The van der Waals surface area contributed by atoms with Crippen molar-refractivity contribution in [3.8, 4) is 5.75 Å². The van der Waals surface area contributed by atoms with Crippen LogP contribution < -0.4 is 10.6 Å². The molecule has 1 unspecified atom stereocenters. The van der Waals surface area contributed by atoms with Gasteiger partial charge in [0.1, 0.15) is 10.6 Å². The van der Waals surface area contributed by atoms with Crippen LogP contribution in [0.1, 0.15) is 10.4 Å². The first kappa shape index (κ1) is 21.0. The van der Waals surface area contributed by atoms with Crippen molar-refractivity contribution in [1.29, 1.82) is 0 Å². The maximum atomic E-state index is 13.4. The molecule has 1 atom stereocenters. The first-order valence-electron chi connectivity index (χ1n) is 9.54. The number of anilines is 2. The summed E-state index contributed by atoms with van der Waals surface area (Å²) in [6.07, 6.45) is 1.26. The minimum Gasteiger partial charge on any atom is -0.508 e. The second kappa shape index (κ2) is 8.50. The summed E-state index contributed by atoms with van der Waals surface area (Å²) in [6.45, 7) is 0.964. The number of methoxy groups -OCH3 is 1. The molecule has 10 heteroatoms. The summed E-state index contributed by atoms with van der Waals surface area (Å²) in [6, 6.07) is 11.0. The number of pyridine rings is 1. The molecular formula is C21H21N3O6S. The summed E-state index contributed by atoms with van der Waals surface area (Å²) in [5.41, 5.74) is 0.150. The highest BCUT2D eigenvalue weighted by Gasteiger charge is 2.33. The van der Waals surface area contributed by atoms with Crippen molar-refractivity contribution in [2.45, 2.75) is 10.3 Å². The van der Waals surface area contributed by atoms with E-state index in [0.29, 0.717) is 23.1 Å². The van der Waals surface area contributed by atoms with E-state index in [0.717, 1.165) is 0 Å². The number of sulfone groups is 1. The highest BCUT2D eigenvalue weighted by molar-refractivity contribution is 7.92. The van der Waals surface area contributed by atoms with Gasteiger partial charge in [0.05, 0.1) is 36.2 Å². The van der Waals surface area contributed by atoms with E-state index in [9.17, 15) is 18.3 Å². The van der Waals surface area contributed by atoms with Gasteiger partial charge in [-0.2, -0.15) is 0 Å². The minimum absolute atomic E-state index is 0.0521. The van der Waals surface area contributed by atoms with Crippen LogP contribution in [-0.2, 0) is 19.3 Å². The fourth-order valence-electron chi connectivity index (χ4n) is 3.40. The maximum Gasteiger partial charge on any atom is 0.339 e. The van der Waals surface area contributed by atoms with Gasteiger partial charge in [-0.3, -0.25) is 4.98 Å². The van der Waals surface area contributed by atoms with Crippen LogP contribution in [-0.4, -0.2) is 56.7 Å². The molecule has 0 aliphatic carbocycles. The lowest BCUT2D eigenvalue weighted by molar-refractivity contribution is 0.0602. The van der Waals surface area contributed by atoms with E-state index in [1.165, 1.54) is 25.4 Å². The van der Waals surface area contributed by atoms with Crippen LogP contribution in [0.5, 0.6) is 5.75 Å². The van der Waals surface area contributed by atoms with Crippen molar-refractivity contribution in [1.82, 2.24) is 10.3 Å². The van der Waals surface area contributed by atoms with Gasteiger partial charge in [0, 0.05) is 24.7 Å². The van der Waals surface area contributed by atoms with Crippen molar-refractivity contribution in [3.05, 3.63) is 54.2 Å². The van der Waals surface area contributed by atoms with Crippen LogP contribution in [0.2, 0.25) is 0 Å². The lowest BCUT2D eigenvalue weighted by Crippen LogP contribution is -2.43. The fraction of sp³-hybridized carbons (Fsp3) is 0.238. The number of morpholine rings is 1. The third-order valence-corrected chi connectivity index (χ3v) is 6.87. The Morgan fingerprint density at radius 2 is 2.10 bits per heavy atom. The zero-order valence-corrected chi connectivity index (χ0v) is 17.5. The molecule has 0 amide bonds. The fourth-order valence-corrected chi connectivity index (χ4v) is 4.94. The van der Waals surface area contributed by atoms with Gasteiger partial charge in [-0.25, -0.2) is 13.2 Å². The Morgan fingerprint density at radius 1 is 1.29 bits per heavy atom. The number of hydrogen-bond donors (Lipinski definition) is 3. The number of aromatic hydroxyl groups is 1. The van der Waals surface area contributed by atoms with Crippen molar-refractivity contribution < 1.29 is 27.8 Å². The number of fused-ring (bicyclic) bond motifs is 1. The van der Waals surface area contributed by atoms with Crippen molar-refractivity contribution >= 4 is 38.1 Å². The molecule has 3 aromatic rings. The zero-order chi connectivity index (χ0) is 22.0. The summed E-state index contributed by atoms with van der Waals surface area (Å²) in [5.74, 6) is -0.628. The van der Waals surface area contributed by atoms with Gasteiger partial charge >= 0.3 is 5.97 Å². The Balaban J connectivity index is 1.91. The first-order valence-corrected chi connectivity index (χ1v) is 11.1. The molecule has 2 aromatic carbocycles. The molecule has 1 fully saturated rings. The molecule has 1 aliphatic rings. The molecule has 0 radical (unpaired) electrons. The summed E-state index contributed by atoms with van der Waals surface area (Å²) in [4.78, 5) is 16.4. The highest BCUT2D eigenvalue weighted by Crippen LogP contribution is 2.36. The molecule has 1 aliphatic heterocycles. The van der Waals surface area contributed by atoms with Gasteiger partial charge < -0.3 is 25.2 Å². The average molecular weight is 443 g/mol. The molecule has 1 saturated heterocycles. The monoisotopic (exact) mass is 443 g/mol. The van der Waals surface area contributed by atoms with E-state index in [4.69, 9.17) is 9.47 Å². The number of para-hydroxylation sites is 1. The number of hydrogen-bond acceptors (Lipinski definition) is 9. The van der Waals surface area contributed by atoms with Crippen LogP contribution in [0.25, 0.3) is 10.9 Å². The second-order valence-electron chi connectivity index (χ2n) is 6.91. The van der Waals surface area contributed by atoms with Gasteiger partial charge in [0.25, 0.3) is 0 Å². The highest BCUT2D eigenvalue weighted by atomic mass is 32.2. The molecule has 2 heterocycles. The Morgan fingerprint density at radius 3 is 2.84 bits per heavy atom. The third kappa shape index (κ3) is 4.05. The van der Waals surface area contributed by atoms with E-state index < -0.39 is 21.2 Å². The van der Waals surface area contributed by atoms with Gasteiger partial charge in [-0.15, -0.1) is 0 Å². The summed E-state index contributed by atoms with van der Waals surface area (Å²) in [5, 5.41) is 16.5. The normalized spacial score (nSPS) is 16.7. The second-order valence-corrected chi connectivity index (χ2v) is 8.97. The van der Waals surface area contributed by atoms with Crippen molar-refractivity contribution in [2.24, 2.45) is 0 Å². The number of rotatable bonds is 5. The average Bonchev–Trinajstić information content (AvgIpc) is 2.79. The molecule has 0 saturated carbocycles. The van der Waals surface area contributed by atoms with E-state index in [1.54, 1.807) is 30.3 Å². The number of phenolic OH excluding ortho intramolecular Hbond substituents is 1. The number of benzene rings is 2. The first-order chi connectivity index (χ1) is 14.9. The molecule has 0 bridgehead atoms. The van der Waals surface area contributed by atoms with Gasteiger partial charge in [0.2, 0.25) is 9.84 Å². The lowest BCUT2D eigenvalue weighted by Gasteiger charge is -2.25. The molecule has 4 rings (SSSR count). The number of phenols is 1. The van der Waals surface area contributed by atoms with E-state index in [2.05, 4.69) is 15.6 Å². The molecule has 0 spiro atoms. The molecule has 9 nitrogen and oxygen atoms in total. The van der Waals surface area contributed by atoms with Crippen LogP contribution in [0.15, 0.2) is 53.6 Å². The summed E-state index contributed by atoms with van der Waals surface area (Å²) >= 11 is 0. The number of nitrogens with one attached hydrogen (secondary N) is 2. The number of aromatic nitrogens is 1. The molecular weight excluding hydrogens is 422 g/mol. The summed E-state index contributed by atoms with van der Waals surface area (Å²) in [7, 11) is -2.70. The van der Waals surface area contributed by atoms with Crippen molar-refractivity contribution in [2.75, 3.05) is 32.1 Å². The maximum absolute atomic E-state index is 13.4. The number of carbonyl (C=O) groups is 1. The van der Waals surface area contributed by atoms with E-state index in [-0.39, 0.29) is 35.0 Å². The minimum atomic E-state index is -3.96. The predicted octanol–water partition coefficient (Wildman–Crippen LogP) is 2.19. The lowest BCUT2D eigenvalue weighted by atomic mass is 10.1. The third-order valence-electron chi connectivity index (χ3n) is 4.96.